The second-order valence-electron chi connectivity index (χ2n) is 8.79. The number of pyridine rings is 2. The minimum atomic E-state index is -0.645. The van der Waals surface area contributed by atoms with Gasteiger partial charge >= 0.3 is 5.97 Å². The lowest BCUT2D eigenvalue weighted by molar-refractivity contribution is 0.0523. The fourth-order valence-electron chi connectivity index (χ4n) is 4.24. The van der Waals surface area contributed by atoms with E-state index in [1.807, 2.05) is 26.0 Å². The van der Waals surface area contributed by atoms with Crippen LogP contribution in [0, 0.1) is 13.8 Å². The molecule has 0 unspecified atom stereocenters. The van der Waals surface area contributed by atoms with E-state index >= 15 is 0 Å². The molecule has 3 heterocycles. The van der Waals surface area contributed by atoms with E-state index in [0.717, 1.165) is 30.4 Å². The lowest BCUT2D eigenvalue weighted by Gasteiger charge is -2.15. The second-order valence-corrected chi connectivity index (χ2v) is 8.79. The minimum Gasteiger partial charge on any atom is -0.462 e. The third-order valence-corrected chi connectivity index (χ3v) is 6.06. The Balaban J connectivity index is 2.12. The zero-order valence-electron chi connectivity index (χ0n) is 21.1. The molecule has 0 aliphatic carbocycles. The average molecular weight is 487 g/mol. The van der Waals surface area contributed by atoms with Gasteiger partial charge in [0.25, 0.3) is 11.5 Å². The highest BCUT2D eigenvalue weighted by Gasteiger charge is 2.20. The number of unbranched alkanes of at least 4 members (excludes halogenated alkanes) is 2. The summed E-state index contributed by atoms with van der Waals surface area (Å²) < 4.78 is 8.49. The number of aromatic nitrogens is 3. The quantitative estimate of drug-likeness (QED) is 0.220. The summed E-state index contributed by atoms with van der Waals surface area (Å²) in [5.41, 5.74) is 2.97. The highest BCUT2D eigenvalue weighted by Crippen LogP contribution is 2.15. The highest BCUT2D eigenvalue weighted by atomic mass is 16.5. The van der Waals surface area contributed by atoms with Crippen molar-refractivity contribution in [1.82, 2.24) is 14.0 Å². The molecule has 1 aromatic carbocycles. The largest absolute Gasteiger partial charge is 0.462 e. The molecule has 0 bridgehead atoms. The van der Waals surface area contributed by atoms with Gasteiger partial charge in [0.15, 0.2) is 5.49 Å². The van der Waals surface area contributed by atoms with Crippen LogP contribution in [0.4, 0.5) is 0 Å². The number of benzene rings is 1. The van der Waals surface area contributed by atoms with Gasteiger partial charge in [-0.05, 0) is 57.0 Å². The van der Waals surface area contributed by atoms with Crippen molar-refractivity contribution < 1.29 is 14.3 Å². The van der Waals surface area contributed by atoms with Gasteiger partial charge in [-0.3, -0.25) is 14.0 Å². The van der Waals surface area contributed by atoms with Crippen molar-refractivity contribution >= 4 is 28.6 Å². The molecule has 1 amide bonds. The van der Waals surface area contributed by atoms with E-state index in [2.05, 4.69) is 11.9 Å². The first-order chi connectivity index (χ1) is 17.3. The first kappa shape index (κ1) is 25.0. The van der Waals surface area contributed by atoms with Crippen molar-refractivity contribution in [2.24, 2.45) is 4.99 Å². The molecule has 0 radical (unpaired) electrons. The molecule has 0 N–H and O–H groups in total. The molecule has 186 valence electrons. The molecular formula is C28H30N4O4. The number of carbonyl (C=O) groups is 2. The zero-order valence-corrected chi connectivity index (χ0v) is 21.1. The predicted molar refractivity (Wildman–Crippen MR) is 138 cm³/mol. The summed E-state index contributed by atoms with van der Waals surface area (Å²) in [7, 11) is 0. The van der Waals surface area contributed by atoms with Crippen molar-refractivity contribution in [1.29, 1.82) is 0 Å². The fraction of sp³-hybridized carbons (Fsp3) is 0.321. The first-order valence-corrected chi connectivity index (χ1v) is 12.2. The van der Waals surface area contributed by atoms with Crippen LogP contribution in [-0.2, 0) is 11.3 Å². The van der Waals surface area contributed by atoms with Gasteiger partial charge < -0.3 is 9.30 Å². The number of hydrogen-bond acceptors (Lipinski definition) is 5. The van der Waals surface area contributed by atoms with E-state index in [9.17, 15) is 14.4 Å². The lowest BCUT2D eigenvalue weighted by Crippen LogP contribution is -2.33. The Hall–Kier alpha value is -4.07. The van der Waals surface area contributed by atoms with E-state index in [0.29, 0.717) is 23.4 Å². The number of carbonyl (C=O) groups excluding carboxylic acids is 2. The first-order valence-electron chi connectivity index (χ1n) is 12.2. The molecule has 0 fully saturated rings. The maximum Gasteiger partial charge on any atom is 0.341 e. The van der Waals surface area contributed by atoms with Crippen LogP contribution in [0.2, 0.25) is 0 Å². The molecule has 8 nitrogen and oxygen atoms in total. The van der Waals surface area contributed by atoms with Crippen LogP contribution >= 0.6 is 0 Å². The summed E-state index contributed by atoms with van der Waals surface area (Å²) in [6.07, 6.45) is 4.32. The SMILES string of the molecule is CCCCCn1c(=NC(=O)c2cccc(C)c2)c(C(=O)OCC)cc2c(=O)n3cccc(C)c3nc21. The molecule has 0 saturated carbocycles. The number of hydrogen-bond donors (Lipinski definition) is 0. The van der Waals surface area contributed by atoms with Crippen molar-refractivity contribution in [3.05, 3.63) is 86.8 Å². The number of aryl methyl sites for hydroxylation is 3. The summed E-state index contributed by atoms with van der Waals surface area (Å²) in [6.45, 7) is 8.15. The van der Waals surface area contributed by atoms with Crippen molar-refractivity contribution in [2.45, 2.75) is 53.5 Å². The lowest BCUT2D eigenvalue weighted by atomic mass is 10.1. The van der Waals surface area contributed by atoms with Crippen LogP contribution < -0.4 is 11.0 Å². The molecule has 4 rings (SSSR count). The molecule has 0 saturated heterocycles. The summed E-state index contributed by atoms with van der Waals surface area (Å²) in [6, 6.07) is 12.2. The van der Waals surface area contributed by atoms with Crippen LogP contribution in [0.15, 0.2) is 58.4 Å². The Bertz CT molecular complexity index is 1600. The number of ether oxygens (including phenoxy) is 1. The summed E-state index contributed by atoms with van der Waals surface area (Å²) in [5.74, 6) is -1.13. The van der Waals surface area contributed by atoms with Gasteiger partial charge in [-0.1, -0.05) is 43.5 Å². The standard InChI is InChI=1S/C28H30N4O4/c1-5-7-8-14-31-24-21(27(34)32-15-10-12-19(4)23(32)29-24)17-22(28(35)36-6-2)25(31)30-26(33)20-13-9-11-18(3)16-20/h9-13,15-17H,5-8,14H2,1-4H3. The van der Waals surface area contributed by atoms with Gasteiger partial charge in [0, 0.05) is 18.3 Å². The van der Waals surface area contributed by atoms with Crippen LogP contribution in [0.1, 0.15) is 65.0 Å². The van der Waals surface area contributed by atoms with Crippen LogP contribution in [0.3, 0.4) is 0 Å². The van der Waals surface area contributed by atoms with Gasteiger partial charge in [-0.25, -0.2) is 9.78 Å². The van der Waals surface area contributed by atoms with E-state index in [-0.39, 0.29) is 28.6 Å². The van der Waals surface area contributed by atoms with Gasteiger partial charge in [-0.15, -0.1) is 0 Å². The molecule has 0 spiro atoms. The number of nitrogens with zero attached hydrogens (tertiary/aromatic N) is 4. The van der Waals surface area contributed by atoms with Crippen LogP contribution in [0.25, 0.3) is 16.7 Å². The molecule has 3 aromatic heterocycles. The van der Waals surface area contributed by atoms with E-state index in [1.54, 1.807) is 42.0 Å². The summed E-state index contributed by atoms with van der Waals surface area (Å²) >= 11 is 0. The molecule has 8 heteroatoms. The smallest absolute Gasteiger partial charge is 0.341 e. The molecule has 4 aromatic rings. The van der Waals surface area contributed by atoms with Gasteiger partial charge in [0.2, 0.25) is 0 Å². The summed E-state index contributed by atoms with van der Waals surface area (Å²) in [4.78, 5) is 49.0. The third-order valence-electron chi connectivity index (χ3n) is 6.06. The molecule has 0 atom stereocenters. The van der Waals surface area contributed by atoms with E-state index in [4.69, 9.17) is 9.72 Å². The number of esters is 1. The topological polar surface area (TPSA) is 95.0 Å². The Kier molecular flexibility index (Phi) is 7.43. The summed E-state index contributed by atoms with van der Waals surface area (Å²) in [5, 5.41) is 0.264. The maximum atomic E-state index is 13.5. The monoisotopic (exact) mass is 486 g/mol. The predicted octanol–water partition coefficient (Wildman–Crippen LogP) is 4.37. The van der Waals surface area contributed by atoms with Crippen molar-refractivity contribution in [2.75, 3.05) is 6.61 Å². The Labute approximate surface area is 208 Å². The molecule has 36 heavy (non-hydrogen) atoms. The Morgan fingerprint density at radius 2 is 1.83 bits per heavy atom. The molecule has 0 aliphatic rings. The Morgan fingerprint density at radius 1 is 1.03 bits per heavy atom. The van der Waals surface area contributed by atoms with E-state index < -0.39 is 11.9 Å². The second kappa shape index (κ2) is 10.7. The number of rotatable bonds is 7. The Morgan fingerprint density at radius 3 is 2.56 bits per heavy atom. The van der Waals surface area contributed by atoms with Gasteiger partial charge in [0.1, 0.15) is 16.9 Å². The molecule has 0 aliphatic heterocycles. The van der Waals surface area contributed by atoms with Crippen LogP contribution in [0.5, 0.6) is 0 Å². The molecular weight excluding hydrogens is 456 g/mol. The highest BCUT2D eigenvalue weighted by molar-refractivity contribution is 5.97. The van der Waals surface area contributed by atoms with E-state index in [1.165, 1.54) is 10.5 Å². The zero-order chi connectivity index (χ0) is 25.8. The normalized spacial score (nSPS) is 11.8. The fourth-order valence-corrected chi connectivity index (χ4v) is 4.24. The number of fused-ring (bicyclic) bond motifs is 2. The maximum absolute atomic E-state index is 13.5. The van der Waals surface area contributed by atoms with Crippen molar-refractivity contribution in [3.63, 3.8) is 0 Å². The van der Waals surface area contributed by atoms with Crippen LogP contribution in [-0.4, -0.2) is 32.4 Å². The number of amides is 1. The van der Waals surface area contributed by atoms with Gasteiger partial charge in [0.05, 0.1) is 12.0 Å². The minimum absolute atomic E-state index is 0.0633. The average Bonchev–Trinajstić information content (AvgIpc) is 2.86. The third kappa shape index (κ3) is 4.84. The van der Waals surface area contributed by atoms with Crippen molar-refractivity contribution in [3.8, 4) is 0 Å². The van der Waals surface area contributed by atoms with Gasteiger partial charge in [-0.2, -0.15) is 4.99 Å².